The number of aryl methyl sites for hydroxylation is 1. The fourth-order valence-corrected chi connectivity index (χ4v) is 2.90. The van der Waals surface area contributed by atoms with Crippen LogP contribution in [-0.4, -0.2) is 21.5 Å². The minimum Gasteiger partial charge on any atom is -0.309 e. The second-order valence-corrected chi connectivity index (χ2v) is 5.94. The van der Waals surface area contributed by atoms with Crippen molar-refractivity contribution in [2.24, 2.45) is 0 Å². The van der Waals surface area contributed by atoms with Crippen molar-refractivity contribution in [2.75, 3.05) is 11.9 Å². The third-order valence-corrected chi connectivity index (χ3v) is 4.01. The van der Waals surface area contributed by atoms with Crippen molar-refractivity contribution in [1.29, 1.82) is 0 Å². The lowest BCUT2D eigenvalue weighted by Crippen LogP contribution is -2.27. The van der Waals surface area contributed by atoms with Gasteiger partial charge in [0.1, 0.15) is 0 Å². The van der Waals surface area contributed by atoms with Crippen LogP contribution in [0.3, 0.4) is 0 Å². The van der Waals surface area contributed by atoms with E-state index >= 15 is 0 Å². The fraction of sp³-hybridized carbons (Fsp3) is 0.462. The molecule has 2 aromatic heterocycles. The highest BCUT2D eigenvalue weighted by Gasteiger charge is 2.16. The Hall–Kier alpha value is -1.53. The van der Waals surface area contributed by atoms with Crippen molar-refractivity contribution in [2.45, 2.75) is 32.2 Å². The first-order chi connectivity index (χ1) is 9.31. The average Bonchev–Trinajstić information content (AvgIpc) is 2.85. The van der Waals surface area contributed by atoms with Crippen LogP contribution in [0.25, 0.3) is 0 Å². The molecule has 1 saturated heterocycles. The largest absolute Gasteiger partial charge is 0.309 e. The van der Waals surface area contributed by atoms with Gasteiger partial charge in [-0.15, -0.1) is 11.3 Å². The number of nitrogens with one attached hydrogen (secondary N) is 2. The Labute approximate surface area is 116 Å². The van der Waals surface area contributed by atoms with E-state index in [1.165, 1.54) is 17.7 Å². The summed E-state index contributed by atoms with van der Waals surface area (Å²) in [5, 5.41) is 7.50. The van der Waals surface area contributed by atoms with E-state index in [1.54, 1.807) is 17.5 Å². The molecule has 1 fully saturated rings. The molecule has 100 valence electrons. The van der Waals surface area contributed by atoms with E-state index in [0.29, 0.717) is 12.0 Å². The average molecular weight is 275 g/mol. The zero-order valence-corrected chi connectivity index (χ0v) is 11.7. The van der Waals surface area contributed by atoms with Gasteiger partial charge < -0.3 is 10.6 Å². The van der Waals surface area contributed by atoms with Crippen molar-refractivity contribution in [1.82, 2.24) is 20.3 Å². The molecule has 0 aromatic carbocycles. The highest BCUT2D eigenvalue weighted by molar-refractivity contribution is 7.15. The number of thiazole rings is 1. The molecule has 19 heavy (non-hydrogen) atoms. The van der Waals surface area contributed by atoms with Crippen molar-refractivity contribution in [3.05, 3.63) is 29.0 Å². The molecule has 0 spiro atoms. The lowest BCUT2D eigenvalue weighted by atomic mass is 10.0. The third kappa shape index (κ3) is 3.08. The standard InChI is InChI=1S/C13H17N5S/c1-9-8-16-13(19-9)18-12-15-7-5-11(17-12)10-4-2-3-6-14-10/h5,7-8,10,14H,2-4,6H2,1H3,(H,15,16,17,18)/t10-/m1/s1. The van der Waals surface area contributed by atoms with Gasteiger partial charge in [-0.1, -0.05) is 6.42 Å². The topological polar surface area (TPSA) is 62.7 Å². The normalized spacial score (nSPS) is 19.3. The molecule has 3 heterocycles. The molecular formula is C13H17N5S. The van der Waals surface area contributed by atoms with E-state index in [-0.39, 0.29) is 0 Å². The van der Waals surface area contributed by atoms with Crippen LogP contribution in [0.2, 0.25) is 0 Å². The third-order valence-electron chi connectivity index (χ3n) is 3.18. The van der Waals surface area contributed by atoms with Crippen LogP contribution in [0.15, 0.2) is 18.5 Å². The predicted molar refractivity (Wildman–Crippen MR) is 76.8 cm³/mol. The number of rotatable bonds is 3. The maximum absolute atomic E-state index is 4.58. The SMILES string of the molecule is Cc1cnc(Nc2nccc([C@H]3CCCCN3)n2)s1. The van der Waals surface area contributed by atoms with Crippen LogP contribution in [0.5, 0.6) is 0 Å². The van der Waals surface area contributed by atoms with Crippen LogP contribution in [0.1, 0.15) is 35.9 Å². The van der Waals surface area contributed by atoms with Gasteiger partial charge in [0.05, 0.1) is 5.69 Å². The van der Waals surface area contributed by atoms with Gasteiger partial charge >= 0.3 is 0 Å². The number of aromatic nitrogens is 3. The first-order valence-electron chi connectivity index (χ1n) is 6.57. The van der Waals surface area contributed by atoms with E-state index in [4.69, 9.17) is 0 Å². The molecule has 1 atom stereocenters. The van der Waals surface area contributed by atoms with Gasteiger partial charge in [0, 0.05) is 23.3 Å². The summed E-state index contributed by atoms with van der Waals surface area (Å²) < 4.78 is 0. The summed E-state index contributed by atoms with van der Waals surface area (Å²) in [6, 6.07) is 2.34. The molecular weight excluding hydrogens is 258 g/mol. The Kier molecular flexibility index (Phi) is 3.70. The van der Waals surface area contributed by atoms with Crippen molar-refractivity contribution >= 4 is 22.4 Å². The molecule has 0 aliphatic carbocycles. The zero-order chi connectivity index (χ0) is 13.1. The van der Waals surface area contributed by atoms with E-state index in [0.717, 1.165) is 23.8 Å². The van der Waals surface area contributed by atoms with E-state index in [9.17, 15) is 0 Å². The molecule has 2 aromatic rings. The highest BCUT2D eigenvalue weighted by Crippen LogP contribution is 2.23. The monoisotopic (exact) mass is 275 g/mol. The first-order valence-corrected chi connectivity index (χ1v) is 7.39. The number of hydrogen-bond acceptors (Lipinski definition) is 6. The maximum atomic E-state index is 4.58. The van der Waals surface area contributed by atoms with E-state index in [2.05, 4.69) is 25.6 Å². The summed E-state index contributed by atoms with van der Waals surface area (Å²) in [4.78, 5) is 14.3. The summed E-state index contributed by atoms with van der Waals surface area (Å²) in [5.41, 5.74) is 1.06. The highest BCUT2D eigenvalue weighted by atomic mass is 32.1. The van der Waals surface area contributed by atoms with E-state index < -0.39 is 0 Å². The van der Waals surface area contributed by atoms with Crippen LogP contribution >= 0.6 is 11.3 Å². The quantitative estimate of drug-likeness (QED) is 0.902. The molecule has 0 bridgehead atoms. The predicted octanol–water partition coefficient (Wildman–Crippen LogP) is 2.80. The summed E-state index contributed by atoms with van der Waals surface area (Å²) in [6.07, 6.45) is 7.31. The Morgan fingerprint density at radius 1 is 1.37 bits per heavy atom. The molecule has 3 rings (SSSR count). The van der Waals surface area contributed by atoms with Crippen LogP contribution in [0.4, 0.5) is 11.1 Å². The fourth-order valence-electron chi connectivity index (χ4n) is 2.24. The van der Waals surface area contributed by atoms with Crippen LogP contribution < -0.4 is 10.6 Å². The van der Waals surface area contributed by atoms with Crippen molar-refractivity contribution in [3.8, 4) is 0 Å². The molecule has 6 heteroatoms. The second-order valence-electron chi connectivity index (χ2n) is 4.71. The van der Waals surface area contributed by atoms with Crippen molar-refractivity contribution in [3.63, 3.8) is 0 Å². The first kappa shape index (κ1) is 12.5. The number of nitrogens with zero attached hydrogens (tertiary/aromatic N) is 3. The minimum absolute atomic E-state index is 0.357. The molecule has 1 aliphatic heterocycles. The Morgan fingerprint density at radius 2 is 2.32 bits per heavy atom. The smallest absolute Gasteiger partial charge is 0.229 e. The van der Waals surface area contributed by atoms with Crippen molar-refractivity contribution < 1.29 is 0 Å². The number of hydrogen-bond donors (Lipinski definition) is 2. The van der Waals surface area contributed by atoms with Gasteiger partial charge in [0.25, 0.3) is 0 Å². The molecule has 2 N–H and O–H groups in total. The molecule has 0 amide bonds. The summed E-state index contributed by atoms with van der Waals surface area (Å²) in [6.45, 7) is 3.11. The minimum atomic E-state index is 0.357. The van der Waals surface area contributed by atoms with Gasteiger partial charge in [0.2, 0.25) is 5.95 Å². The van der Waals surface area contributed by atoms with Crippen LogP contribution in [-0.2, 0) is 0 Å². The zero-order valence-electron chi connectivity index (χ0n) is 10.9. The molecule has 0 saturated carbocycles. The summed E-state index contributed by atoms with van der Waals surface area (Å²) >= 11 is 1.61. The molecule has 1 aliphatic rings. The number of piperidine rings is 1. The lowest BCUT2D eigenvalue weighted by Gasteiger charge is -2.22. The van der Waals surface area contributed by atoms with Gasteiger partial charge in [-0.25, -0.2) is 15.0 Å². The molecule has 5 nitrogen and oxygen atoms in total. The summed E-state index contributed by atoms with van der Waals surface area (Å²) in [5.74, 6) is 0.624. The lowest BCUT2D eigenvalue weighted by molar-refractivity contribution is 0.405. The van der Waals surface area contributed by atoms with Gasteiger partial charge in [-0.2, -0.15) is 0 Å². The van der Waals surface area contributed by atoms with Gasteiger partial charge in [0.15, 0.2) is 5.13 Å². The Balaban J connectivity index is 1.75. The molecule has 0 radical (unpaired) electrons. The van der Waals surface area contributed by atoms with E-state index in [1.807, 2.05) is 19.2 Å². The second kappa shape index (κ2) is 5.63. The number of anilines is 2. The Bertz CT molecular complexity index is 547. The molecule has 0 unspecified atom stereocenters. The van der Waals surface area contributed by atoms with Gasteiger partial charge in [-0.05, 0) is 32.4 Å². The maximum Gasteiger partial charge on any atom is 0.229 e. The van der Waals surface area contributed by atoms with Gasteiger partial charge in [-0.3, -0.25) is 0 Å². The Morgan fingerprint density at radius 3 is 3.05 bits per heavy atom. The van der Waals surface area contributed by atoms with Crippen LogP contribution in [0, 0.1) is 6.92 Å². The summed E-state index contributed by atoms with van der Waals surface area (Å²) in [7, 11) is 0.